The lowest BCUT2D eigenvalue weighted by molar-refractivity contribution is -0.143. The zero-order valence-electron chi connectivity index (χ0n) is 18.6. The second-order valence-corrected chi connectivity index (χ2v) is 7.49. The molecule has 2 aromatic carbocycles. The molecule has 2 unspecified atom stereocenters. The highest BCUT2D eigenvalue weighted by Gasteiger charge is 2.34. The molecule has 0 saturated carbocycles. The summed E-state index contributed by atoms with van der Waals surface area (Å²) in [6.45, 7) is 3.67. The molecule has 0 radical (unpaired) electrons. The Morgan fingerprint density at radius 1 is 1.06 bits per heavy atom. The van der Waals surface area contributed by atoms with E-state index in [1.807, 2.05) is 43.3 Å². The van der Waals surface area contributed by atoms with Gasteiger partial charge in [0.25, 0.3) is 0 Å². The fourth-order valence-corrected chi connectivity index (χ4v) is 4.28. The van der Waals surface area contributed by atoms with Gasteiger partial charge in [0.2, 0.25) is 0 Å². The minimum atomic E-state index is -0.764. The molecule has 0 aromatic heterocycles. The van der Waals surface area contributed by atoms with Crippen LogP contribution in [0.4, 0.5) is 0 Å². The molecule has 7 nitrogen and oxygen atoms in total. The van der Waals surface area contributed by atoms with E-state index in [-0.39, 0.29) is 6.04 Å². The topological polar surface area (TPSA) is 77.5 Å². The molecule has 2 aromatic rings. The minimum absolute atomic E-state index is 0.266. The molecular formula is C24H31NO6. The van der Waals surface area contributed by atoms with Crippen molar-refractivity contribution in [3.8, 4) is 23.0 Å². The Balaban J connectivity index is 2.16. The predicted molar refractivity (Wildman–Crippen MR) is 117 cm³/mol. The average Bonchev–Trinajstić information content (AvgIpc) is 2.80. The van der Waals surface area contributed by atoms with Gasteiger partial charge in [-0.15, -0.1) is 0 Å². The van der Waals surface area contributed by atoms with Gasteiger partial charge >= 0.3 is 5.97 Å². The molecule has 0 aliphatic carbocycles. The summed E-state index contributed by atoms with van der Waals surface area (Å²) in [5.74, 6) is 1.50. The Labute approximate surface area is 183 Å². The van der Waals surface area contributed by atoms with Crippen molar-refractivity contribution < 1.29 is 28.8 Å². The number of carbonyl (C=O) groups is 1. The van der Waals surface area contributed by atoms with Crippen molar-refractivity contribution in [1.29, 1.82) is 0 Å². The Hall–Kier alpha value is -2.93. The Kier molecular flexibility index (Phi) is 7.63. The molecule has 1 aliphatic rings. The van der Waals surface area contributed by atoms with Crippen molar-refractivity contribution in [2.45, 2.75) is 25.8 Å². The van der Waals surface area contributed by atoms with E-state index in [0.717, 1.165) is 24.1 Å². The fourth-order valence-electron chi connectivity index (χ4n) is 4.28. The first-order chi connectivity index (χ1) is 15.0. The smallest absolute Gasteiger partial charge is 0.307 e. The van der Waals surface area contributed by atoms with Gasteiger partial charge in [-0.25, -0.2) is 0 Å². The van der Waals surface area contributed by atoms with Gasteiger partial charge in [0.15, 0.2) is 11.5 Å². The first-order valence-corrected chi connectivity index (χ1v) is 10.5. The van der Waals surface area contributed by atoms with Crippen LogP contribution in [-0.2, 0) is 4.79 Å². The van der Waals surface area contributed by atoms with Crippen molar-refractivity contribution in [2.75, 3.05) is 41.0 Å². The van der Waals surface area contributed by atoms with Crippen LogP contribution in [0.25, 0.3) is 0 Å². The fraction of sp³-hybridized carbons (Fsp3) is 0.458. The molecule has 168 valence electrons. The maximum atomic E-state index is 11.7. The number of aliphatic carboxylic acids is 1. The lowest BCUT2D eigenvalue weighted by atomic mass is 9.90. The number of likely N-dealkylation sites (tertiary alicyclic amines) is 1. The summed E-state index contributed by atoms with van der Waals surface area (Å²) in [5.41, 5.74) is 1.82. The van der Waals surface area contributed by atoms with Crippen molar-refractivity contribution >= 4 is 5.97 Å². The molecule has 1 saturated heterocycles. The van der Waals surface area contributed by atoms with Gasteiger partial charge in [-0.1, -0.05) is 12.1 Å². The highest BCUT2D eigenvalue weighted by molar-refractivity contribution is 5.70. The van der Waals surface area contributed by atoms with E-state index < -0.39 is 11.9 Å². The summed E-state index contributed by atoms with van der Waals surface area (Å²) in [5, 5.41) is 9.65. The number of carboxylic acids is 1. The van der Waals surface area contributed by atoms with E-state index in [9.17, 15) is 9.90 Å². The third kappa shape index (κ3) is 4.88. The van der Waals surface area contributed by atoms with Gasteiger partial charge in [0.05, 0.1) is 45.5 Å². The summed E-state index contributed by atoms with van der Waals surface area (Å²) in [4.78, 5) is 13.9. The van der Waals surface area contributed by atoms with E-state index in [1.54, 1.807) is 21.3 Å². The summed E-state index contributed by atoms with van der Waals surface area (Å²) in [6, 6.07) is 11.3. The van der Waals surface area contributed by atoms with Gasteiger partial charge in [-0.2, -0.15) is 0 Å². The highest BCUT2D eigenvalue weighted by atomic mass is 16.5. The lowest BCUT2D eigenvalue weighted by Gasteiger charge is -2.38. The van der Waals surface area contributed by atoms with E-state index in [4.69, 9.17) is 18.9 Å². The number of hydrogen-bond donors (Lipinski definition) is 1. The zero-order chi connectivity index (χ0) is 22.4. The van der Waals surface area contributed by atoms with Gasteiger partial charge in [0.1, 0.15) is 11.5 Å². The number of piperidine rings is 1. The molecule has 1 heterocycles. The third-order valence-corrected chi connectivity index (χ3v) is 5.71. The third-order valence-electron chi connectivity index (χ3n) is 5.71. The van der Waals surface area contributed by atoms with Crippen LogP contribution in [0.2, 0.25) is 0 Å². The largest absolute Gasteiger partial charge is 0.496 e. The number of hydrogen-bond acceptors (Lipinski definition) is 6. The predicted octanol–water partition coefficient (Wildman–Crippen LogP) is 4.00. The zero-order valence-corrected chi connectivity index (χ0v) is 18.6. The average molecular weight is 430 g/mol. The van der Waals surface area contributed by atoms with Crippen molar-refractivity contribution in [2.24, 2.45) is 5.92 Å². The highest BCUT2D eigenvalue weighted by Crippen LogP contribution is 2.44. The molecule has 1 N–H and O–H groups in total. The minimum Gasteiger partial charge on any atom is -0.496 e. The molecule has 1 aliphatic heterocycles. The standard InChI is InChI=1S/C24H31NO6/c1-5-31-18-12-11-16(14-21(18)30-4)23(25-13-7-8-17(15-25)24(26)27)22-19(28-2)9-6-10-20(22)29-3/h6,9-12,14,17,23H,5,7-8,13,15H2,1-4H3,(H,26,27). The summed E-state index contributed by atoms with van der Waals surface area (Å²) in [6.07, 6.45) is 1.48. The van der Waals surface area contributed by atoms with Crippen molar-refractivity contribution in [3.05, 3.63) is 47.5 Å². The number of ether oxygens (including phenoxy) is 4. The molecule has 3 rings (SSSR count). The van der Waals surface area contributed by atoms with Crippen LogP contribution in [0.5, 0.6) is 23.0 Å². The molecule has 0 spiro atoms. The van der Waals surface area contributed by atoms with Gasteiger partial charge in [-0.3, -0.25) is 9.69 Å². The molecule has 0 bridgehead atoms. The first kappa shape index (κ1) is 22.7. The molecule has 1 fully saturated rings. The number of methoxy groups -OCH3 is 3. The molecule has 31 heavy (non-hydrogen) atoms. The van der Waals surface area contributed by atoms with Crippen LogP contribution in [-0.4, -0.2) is 57.0 Å². The van der Waals surface area contributed by atoms with Crippen molar-refractivity contribution in [3.63, 3.8) is 0 Å². The summed E-state index contributed by atoms with van der Waals surface area (Å²) in [7, 11) is 4.87. The van der Waals surface area contributed by atoms with Gasteiger partial charge < -0.3 is 24.1 Å². The number of rotatable bonds is 9. The van der Waals surface area contributed by atoms with E-state index in [2.05, 4.69) is 4.90 Å². The van der Waals surface area contributed by atoms with Gasteiger partial charge in [-0.05, 0) is 56.1 Å². The van der Waals surface area contributed by atoms with Crippen LogP contribution >= 0.6 is 0 Å². The molecular weight excluding hydrogens is 398 g/mol. The number of nitrogens with zero attached hydrogens (tertiary/aromatic N) is 1. The maximum Gasteiger partial charge on any atom is 0.307 e. The van der Waals surface area contributed by atoms with Crippen LogP contribution in [0.1, 0.15) is 36.9 Å². The SMILES string of the molecule is CCOc1ccc(C(c2c(OC)cccc2OC)N2CCCC(C(=O)O)C2)cc1OC. The van der Waals surface area contributed by atoms with Gasteiger partial charge in [0, 0.05) is 6.54 Å². The van der Waals surface area contributed by atoms with E-state index in [0.29, 0.717) is 42.6 Å². The molecule has 7 heteroatoms. The lowest BCUT2D eigenvalue weighted by Crippen LogP contribution is -2.41. The second-order valence-electron chi connectivity index (χ2n) is 7.49. The second kappa shape index (κ2) is 10.4. The summed E-state index contributed by atoms with van der Waals surface area (Å²) < 4.78 is 22.7. The monoisotopic (exact) mass is 429 g/mol. The first-order valence-electron chi connectivity index (χ1n) is 10.5. The van der Waals surface area contributed by atoms with Crippen molar-refractivity contribution in [1.82, 2.24) is 4.90 Å². The Morgan fingerprint density at radius 3 is 2.32 bits per heavy atom. The number of carboxylic acid groups (broad SMARTS) is 1. The van der Waals surface area contributed by atoms with Crippen LogP contribution in [0, 0.1) is 5.92 Å². The Bertz CT molecular complexity index is 877. The Morgan fingerprint density at radius 2 is 1.74 bits per heavy atom. The van der Waals surface area contributed by atoms with Crippen LogP contribution < -0.4 is 18.9 Å². The normalized spacial score (nSPS) is 17.6. The number of benzene rings is 2. The maximum absolute atomic E-state index is 11.7. The molecule has 0 amide bonds. The summed E-state index contributed by atoms with van der Waals surface area (Å²) >= 11 is 0. The van der Waals surface area contributed by atoms with E-state index in [1.165, 1.54) is 0 Å². The molecule has 2 atom stereocenters. The van der Waals surface area contributed by atoms with Crippen LogP contribution in [0.15, 0.2) is 36.4 Å². The van der Waals surface area contributed by atoms with E-state index >= 15 is 0 Å². The van der Waals surface area contributed by atoms with Crippen LogP contribution in [0.3, 0.4) is 0 Å². The quantitative estimate of drug-likeness (QED) is 0.646.